The molecule has 2 aliphatic heterocycles. The molecule has 1 saturated heterocycles. The Bertz CT molecular complexity index is 1590. The van der Waals surface area contributed by atoms with E-state index in [0.29, 0.717) is 43.8 Å². The van der Waals surface area contributed by atoms with Crippen molar-refractivity contribution in [2.24, 2.45) is 0 Å². The molecule has 3 aromatic rings. The summed E-state index contributed by atoms with van der Waals surface area (Å²) in [6.07, 6.45) is -12.6. The molecule has 0 aliphatic carbocycles. The third-order valence-electron chi connectivity index (χ3n) is 8.66. The Hall–Kier alpha value is -2.98. The molecule has 0 spiro atoms. The fourth-order valence-corrected chi connectivity index (χ4v) is 6.31. The van der Waals surface area contributed by atoms with Crippen molar-refractivity contribution < 1.29 is 49.0 Å². The number of benzene rings is 2. The number of aromatic nitrogens is 1. The van der Waals surface area contributed by atoms with Gasteiger partial charge in [-0.25, -0.2) is 0 Å². The van der Waals surface area contributed by atoms with Crippen LogP contribution in [-0.2, 0) is 37.9 Å². The van der Waals surface area contributed by atoms with Crippen LogP contribution in [0.3, 0.4) is 0 Å². The number of nitrogens with zero attached hydrogens (tertiary/aromatic N) is 3. The fraction of sp³-hybridized carbons (Fsp3) is 0.438. The number of ether oxygens (including phenoxy) is 1. The average molecular weight is 784 g/mol. The van der Waals surface area contributed by atoms with Crippen LogP contribution in [0.15, 0.2) is 54.7 Å². The molecule has 1 N–H and O–H groups in total. The van der Waals surface area contributed by atoms with E-state index in [1.165, 1.54) is 17.0 Å². The Morgan fingerprint density at radius 1 is 0.900 bits per heavy atom. The number of fused-ring (bicyclic) bond motifs is 1. The normalized spacial score (nSPS) is 18.2. The van der Waals surface area contributed by atoms with Crippen LogP contribution < -0.4 is 10.1 Å². The first kappa shape index (κ1) is 43.2. The largest absolute Gasteiger partial charge is 0.496 e. The molecule has 1 amide bonds. The molecule has 18 heteroatoms. The number of nitrogens with one attached hydrogen (secondary N) is 1. The van der Waals surface area contributed by atoms with Crippen molar-refractivity contribution in [3.05, 3.63) is 93.8 Å². The Balaban J connectivity index is 0.00000289. The minimum Gasteiger partial charge on any atom is -0.496 e. The number of alkyl halides is 9. The van der Waals surface area contributed by atoms with Gasteiger partial charge in [0, 0.05) is 63.1 Å². The molecule has 1 aromatic heterocycles. The van der Waals surface area contributed by atoms with Crippen LogP contribution in [-0.4, -0.2) is 66.1 Å². The summed E-state index contributed by atoms with van der Waals surface area (Å²) in [5.41, 5.74) is -4.02. The number of piperazine rings is 1. The van der Waals surface area contributed by atoms with Crippen molar-refractivity contribution in [3.63, 3.8) is 0 Å². The monoisotopic (exact) mass is 782 g/mol. The maximum atomic E-state index is 14.1. The van der Waals surface area contributed by atoms with Crippen LogP contribution in [0.1, 0.15) is 50.3 Å². The van der Waals surface area contributed by atoms with Gasteiger partial charge in [-0.05, 0) is 60.4 Å². The molecule has 1 atom stereocenters. The fourth-order valence-electron chi connectivity index (χ4n) is 6.31. The second kappa shape index (κ2) is 16.6. The number of amides is 1. The van der Waals surface area contributed by atoms with Crippen LogP contribution in [0.2, 0.25) is 0 Å². The molecule has 50 heavy (non-hydrogen) atoms. The highest BCUT2D eigenvalue weighted by molar-refractivity contribution is 5.95. The van der Waals surface area contributed by atoms with E-state index < -0.39 is 58.0 Å². The van der Waals surface area contributed by atoms with E-state index >= 15 is 0 Å². The molecule has 0 unspecified atom stereocenters. The molecule has 0 radical (unpaired) electrons. The maximum absolute atomic E-state index is 14.1. The number of pyridine rings is 1. The summed E-state index contributed by atoms with van der Waals surface area (Å²) >= 11 is 0. The molecule has 3 heterocycles. The smallest absolute Gasteiger partial charge is 0.419 e. The number of hydrogen-bond acceptors (Lipinski definition) is 5. The van der Waals surface area contributed by atoms with Gasteiger partial charge in [0.1, 0.15) is 5.75 Å². The maximum Gasteiger partial charge on any atom is 0.419 e. The highest BCUT2D eigenvalue weighted by Gasteiger charge is 2.44. The van der Waals surface area contributed by atoms with E-state index in [1.54, 1.807) is 12.3 Å². The van der Waals surface area contributed by atoms with Crippen LogP contribution in [0.4, 0.5) is 39.5 Å². The Morgan fingerprint density at radius 3 is 2.16 bits per heavy atom. The van der Waals surface area contributed by atoms with Gasteiger partial charge >= 0.3 is 18.5 Å². The lowest BCUT2D eigenvalue weighted by Gasteiger charge is -2.49. The molecule has 2 aliphatic rings. The van der Waals surface area contributed by atoms with Crippen molar-refractivity contribution in [1.29, 1.82) is 0 Å². The zero-order chi connectivity index (χ0) is 34.2. The number of carbonyl (C=O) groups excluding carboxylic acids is 1. The van der Waals surface area contributed by atoms with E-state index in [1.807, 2.05) is 6.07 Å². The summed E-state index contributed by atoms with van der Waals surface area (Å²) in [5.74, 6) is -1.50. The van der Waals surface area contributed by atoms with E-state index in [-0.39, 0.29) is 75.8 Å². The van der Waals surface area contributed by atoms with Crippen molar-refractivity contribution in [1.82, 2.24) is 20.1 Å². The first-order chi connectivity index (χ1) is 22.0. The Labute approximate surface area is 301 Å². The minimum atomic E-state index is -5.16. The third-order valence-corrected chi connectivity index (χ3v) is 8.66. The summed E-state index contributed by atoms with van der Waals surface area (Å²) in [6.45, 7) is 1.71. The van der Waals surface area contributed by atoms with Gasteiger partial charge in [-0.3, -0.25) is 14.7 Å². The van der Waals surface area contributed by atoms with Crippen molar-refractivity contribution in [3.8, 4) is 5.75 Å². The van der Waals surface area contributed by atoms with Gasteiger partial charge in [0.15, 0.2) is 0 Å². The molecule has 0 bridgehead atoms. The second-order valence-electron chi connectivity index (χ2n) is 11.7. The summed E-state index contributed by atoms with van der Waals surface area (Å²) < 4.78 is 128. The van der Waals surface area contributed by atoms with E-state index in [2.05, 4.69) is 15.2 Å². The highest BCUT2D eigenvalue weighted by atomic mass is 35.5. The van der Waals surface area contributed by atoms with Crippen LogP contribution in [0, 0.1) is 0 Å². The summed E-state index contributed by atoms with van der Waals surface area (Å²) in [7, 11) is 1.08. The molecule has 6 nitrogen and oxygen atoms in total. The van der Waals surface area contributed by atoms with E-state index in [9.17, 15) is 44.3 Å². The van der Waals surface area contributed by atoms with Gasteiger partial charge in [0.2, 0.25) is 0 Å². The van der Waals surface area contributed by atoms with E-state index in [4.69, 9.17) is 4.74 Å². The van der Waals surface area contributed by atoms with Gasteiger partial charge in [-0.2, -0.15) is 39.5 Å². The van der Waals surface area contributed by atoms with Crippen molar-refractivity contribution in [2.75, 3.05) is 39.8 Å². The van der Waals surface area contributed by atoms with Gasteiger partial charge in [-0.1, -0.05) is 12.1 Å². The quantitative estimate of drug-likeness (QED) is 0.247. The first-order valence-electron chi connectivity index (χ1n) is 14.7. The summed E-state index contributed by atoms with van der Waals surface area (Å²) in [4.78, 5) is 21.8. The number of carbonyl (C=O) groups is 1. The minimum absolute atomic E-state index is 0. The lowest BCUT2D eigenvalue weighted by Crippen LogP contribution is -2.65. The third kappa shape index (κ3) is 9.66. The number of rotatable bonds is 7. The summed E-state index contributed by atoms with van der Waals surface area (Å²) in [5, 5.41) is 3.18. The van der Waals surface area contributed by atoms with Gasteiger partial charge in [0.05, 0.1) is 29.3 Å². The molecular formula is C32H34Cl3F9N4O2. The number of hydrogen-bond donors (Lipinski definition) is 1. The lowest BCUT2D eigenvalue weighted by atomic mass is 9.82. The van der Waals surface area contributed by atoms with E-state index in [0.717, 1.165) is 24.4 Å². The first-order valence-corrected chi connectivity index (χ1v) is 14.7. The number of halogens is 12. The Kier molecular flexibility index (Phi) is 14.3. The van der Waals surface area contributed by atoms with Gasteiger partial charge in [0.25, 0.3) is 5.91 Å². The predicted molar refractivity (Wildman–Crippen MR) is 174 cm³/mol. The van der Waals surface area contributed by atoms with Crippen LogP contribution in [0.5, 0.6) is 5.75 Å². The SMILES string of the molecule is COc1cc(C[C@@]2(CCN3CCc4ncccc4C3)CNCCN2C(=O)c2cc(C(F)(F)F)cc(C(F)(F)F)c2)ccc1C(F)(F)F.Cl.Cl.Cl. The number of methoxy groups -OCH3 is 1. The second-order valence-corrected chi connectivity index (χ2v) is 11.7. The molecule has 278 valence electrons. The molecule has 2 aromatic carbocycles. The van der Waals surface area contributed by atoms with Crippen LogP contribution in [0.25, 0.3) is 0 Å². The highest BCUT2D eigenvalue weighted by Crippen LogP contribution is 2.40. The van der Waals surface area contributed by atoms with Gasteiger partial charge < -0.3 is 15.0 Å². The average Bonchev–Trinajstić information content (AvgIpc) is 3.02. The molecule has 1 fully saturated rings. The predicted octanol–water partition coefficient (Wildman–Crippen LogP) is 7.89. The summed E-state index contributed by atoms with van der Waals surface area (Å²) in [6, 6.07) is 7.77. The van der Waals surface area contributed by atoms with Crippen molar-refractivity contribution >= 4 is 43.1 Å². The standard InChI is InChI=1S/C32H31F9N4O2.3ClH/c1-47-27-13-20(4-5-25(27)32(39,40)41)17-29(7-11-44-10-6-26-21(18-44)3-2-8-43-26)19-42-9-12-45(29)28(46)22-14-23(30(33,34)35)16-24(15-22)31(36,37)38;;;/h2-5,8,13-16,42H,6-7,9-12,17-19H2,1H3;3*1H/t29-;;;/m0.../s1. The lowest BCUT2D eigenvalue weighted by molar-refractivity contribution is -0.143. The molecule has 0 saturated carbocycles. The van der Waals surface area contributed by atoms with Crippen LogP contribution >= 0.6 is 37.2 Å². The van der Waals surface area contributed by atoms with Crippen molar-refractivity contribution in [2.45, 2.75) is 49.9 Å². The molecule has 5 rings (SSSR count). The topological polar surface area (TPSA) is 57.7 Å². The zero-order valence-electron chi connectivity index (χ0n) is 26.3. The molecular weight excluding hydrogens is 750 g/mol. The Morgan fingerprint density at radius 2 is 1.56 bits per heavy atom. The zero-order valence-corrected chi connectivity index (χ0v) is 28.8. The van der Waals surface area contributed by atoms with Gasteiger partial charge in [-0.15, -0.1) is 37.2 Å².